The van der Waals surface area contributed by atoms with Crippen LogP contribution in [0, 0.1) is 11.7 Å². The Morgan fingerprint density at radius 3 is 2.27 bits per heavy atom. The molecule has 0 spiro atoms. The van der Waals surface area contributed by atoms with Gasteiger partial charge in [-0.05, 0) is 49.2 Å². The van der Waals surface area contributed by atoms with Crippen molar-refractivity contribution >= 4 is 35.0 Å². The summed E-state index contributed by atoms with van der Waals surface area (Å²) in [7, 11) is 0. The average molecular weight is 430 g/mol. The maximum Gasteiger partial charge on any atom is 0.257 e. The van der Waals surface area contributed by atoms with E-state index in [-0.39, 0.29) is 23.3 Å². The normalized spacial score (nSPS) is 16.3. The molecule has 2 aromatic carbocycles. The predicted molar refractivity (Wildman–Crippen MR) is 111 cm³/mol. The molecule has 1 aliphatic carbocycles. The van der Waals surface area contributed by atoms with Gasteiger partial charge in [0.15, 0.2) is 0 Å². The quantitative estimate of drug-likeness (QED) is 0.809. The zero-order chi connectivity index (χ0) is 21.3. The van der Waals surface area contributed by atoms with Crippen molar-refractivity contribution in [2.75, 3.05) is 31.5 Å². The fourth-order valence-corrected chi connectivity index (χ4v) is 3.62. The molecule has 30 heavy (non-hydrogen) atoms. The third kappa shape index (κ3) is 4.46. The van der Waals surface area contributed by atoms with Gasteiger partial charge < -0.3 is 15.1 Å². The van der Waals surface area contributed by atoms with E-state index in [0.29, 0.717) is 42.5 Å². The largest absolute Gasteiger partial charge is 0.335 e. The maximum atomic E-state index is 14.0. The lowest BCUT2D eigenvalue weighted by molar-refractivity contribution is -0.117. The molecule has 1 saturated carbocycles. The first-order chi connectivity index (χ1) is 14.4. The summed E-state index contributed by atoms with van der Waals surface area (Å²) in [4.78, 5) is 40.6. The minimum absolute atomic E-state index is 0.0139. The molecular formula is C22H21ClFN3O3. The van der Waals surface area contributed by atoms with Crippen molar-refractivity contribution in [3.05, 3.63) is 64.4 Å². The Morgan fingerprint density at radius 2 is 1.60 bits per heavy atom. The van der Waals surface area contributed by atoms with E-state index in [1.54, 1.807) is 29.2 Å². The number of carbonyl (C=O) groups is 3. The molecular weight excluding hydrogens is 409 g/mol. The molecule has 4 rings (SSSR count). The molecule has 1 aliphatic heterocycles. The van der Waals surface area contributed by atoms with Gasteiger partial charge in [-0.25, -0.2) is 4.39 Å². The van der Waals surface area contributed by atoms with Gasteiger partial charge in [0.1, 0.15) is 5.82 Å². The number of carbonyl (C=O) groups excluding carboxylic acids is 3. The lowest BCUT2D eigenvalue weighted by atomic mass is 10.1. The van der Waals surface area contributed by atoms with Crippen LogP contribution in [0.25, 0.3) is 0 Å². The SMILES string of the molecule is O=C(Nc1cccc(C(=O)N2CCN(C(=O)c3cc(Cl)ccc3F)CC2)c1)C1CC1. The molecule has 1 heterocycles. The number of hydrogen-bond donors (Lipinski definition) is 1. The second kappa shape index (κ2) is 8.44. The van der Waals surface area contributed by atoms with Crippen LogP contribution in [0.2, 0.25) is 5.02 Å². The monoisotopic (exact) mass is 429 g/mol. The Morgan fingerprint density at radius 1 is 0.933 bits per heavy atom. The van der Waals surface area contributed by atoms with Crippen molar-refractivity contribution in [3.8, 4) is 0 Å². The molecule has 6 nitrogen and oxygen atoms in total. The first-order valence-corrected chi connectivity index (χ1v) is 10.2. The van der Waals surface area contributed by atoms with Crippen molar-refractivity contribution in [2.24, 2.45) is 5.92 Å². The van der Waals surface area contributed by atoms with Crippen LogP contribution >= 0.6 is 11.6 Å². The van der Waals surface area contributed by atoms with Gasteiger partial charge in [-0.3, -0.25) is 14.4 Å². The van der Waals surface area contributed by atoms with Gasteiger partial charge >= 0.3 is 0 Å². The number of hydrogen-bond acceptors (Lipinski definition) is 3. The molecule has 0 aromatic heterocycles. The van der Waals surface area contributed by atoms with Gasteiger partial charge in [-0.15, -0.1) is 0 Å². The highest BCUT2D eigenvalue weighted by Gasteiger charge is 2.30. The third-order valence-corrected chi connectivity index (χ3v) is 5.57. The molecule has 0 unspecified atom stereocenters. The zero-order valence-electron chi connectivity index (χ0n) is 16.2. The summed E-state index contributed by atoms with van der Waals surface area (Å²) in [6.07, 6.45) is 1.82. The Labute approximate surface area is 178 Å². The van der Waals surface area contributed by atoms with Crippen LogP contribution in [0.4, 0.5) is 10.1 Å². The van der Waals surface area contributed by atoms with Crippen LogP contribution in [-0.4, -0.2) is 53.7 Å². The summed E-state index contributed by atoms with van der Waals surface area (Å²) in [6.45, 7) is 1.28. The second-order valence-electron chi connectivity index (χ2n) is 7.55. The number of nitrogens with zero attached hydrogens (tertiary/aromatic N) is 2. The lowest BCUT2D eigenvalue weighted by Gasteiger charge is -2.35. The van der Waals surface area contributed by atoms with Crippen molar-refractivity contribution in [1.29, 1.82) is 0 Å². The second-order valence-corrected chi connectivity index (χ2v) is 7.99. The third-order valence-electron chi connectivity index (χ3n) is 5.34. The van der Waals surface area contributed by atoms with Crippen LogP contribution in [0.15, 0.2) is 42.5 Å². The standard InChI is InChI=1S/C22H21ClFN3O3/c23-16-6-7-19(24)18(13-16)22(30)27-10-8-26(9-11-27)21(29)15-2-1-3-17(12-15)25-20(28)14-4-5-14/h1-3,6-7,12-14H,4-5,8-11H2,(H,25,28). The maximum absolute atomic E-state index is 14.0. The Hall–Kier alpha value is -2.93. The van der Waals surface area contributed by atoms with Crippen LogP contribution in [0.3, 0.4) is 0 Å². The number of nitrogens with one attached hydrogen (secondary N) is 1. The van der Waals surface area contributed by atoms with E-state index < -0.39 is 11.7 Å². The zero-order valence-corrected chi connectivity index (χ0v) is 17.0. The smallest absolute Gasteiger partial charge is 0.257 e. The van der Waals surface area contributed by atoms with Crippen molar-refractivity contribution in [1.82, 2.24) is 9.80 Å². The Kier molecular flexibility index (Phi) is 5.72. The van der Waals surface area contributed by atoms with Crippen molar-refractivity contribution < 1.29 is 18.8 Å². The first kappa shape index (κ1) is 20.3. The van der Waals surface area contributed by atoms with E-state index >= 15 is 0 Å². The van der Waals surface area contributed by atoms with Gasteiger partial charge in [0, 0.05) is 48.4 Å². The van der Waals surface area contributed by atoms with Crippen LogP contribution in [0.1, 0.15) is 33.6 Å². The minimum Gasteiger partial charge on any atom is -0.335 e. The van der Waals surface area contributed by atoms with E-state index in [0.717, 1.165) is 12.8 Å². The topological polar surface area (TPSA) is 69.7 Å². The first-order valence-electron chi connectivity index (χ1n) is 9.87. The van der Waals surface area contributed by atoms with E-state index in [4.69, 9.17) is 11.6 Å². The molecule has 0 bridgehead atoms. The minimum atomic E-state index is -0.618. The molecule has 2 aliphatic rings. The number of anilines is 1. The Bertz CT molecular complexity index is 1000. The number of amides is 3. The number of rotatable bonds is 4. The highest BCUT2D eigenvalue weighted by Crippen LogP contribution is 2.30. The highest BCUT2D eigenvalue weighted by molar-refractivity contribution is 6.31. The molecule has 1 N–H and O–H groups in total. The van der Waals surface area contributed by atoms with Crippen LogP contribution in [-0.2, 0) is 4.79 Å². The molecule has 3 amide bonds. The predicted octanol–water partition coefficient (Wildman–Crippen LogP) is 3.43. The Balaban J connectivity index is 1.38. The summed E-state index contributed by atoms with van der Waals surface area (Å²) < 4.78 is 14.0. The summed E-state index contributed by atoms with van der Waals surface area (Å²) in [5.41, 5.74) is 1.01. The molecule has 8 heteroatoms. The van der Waals surface area contributed by atoms with Gasteiger partial charge in [0.25, 0.3) is 11.8 Å². The lowest BCUT2D eigenvalue weighted by Crippen LogP contribution is -2.50. The molecule has 1 saturated heterocycles. The molecule has 0 atom stereocenters. The summed E-state index contributed by atoms with van der Waals surface area (Å²) in [5, 5.41) is 3.14. The molecule has 156 valence electrons. The van der Waals surface area contributed by atoms with E-state index in [9.17, 15) is 18.8 Å². The summed E-state index contributed by atoms with van der Waals surface area (Å²) in [5.74, 6) is -1.15. The van der Waals surface area contributed by atoms with Gasteiger partial charge in [0.05, 0.1) is 5.56 Å². The summed E-state index contributed by atoms with van der Waals surface area (Å²) >= 11 is 5.88. The van der Waals surface area contributed by atoms with Gasteiger partial charge in [-0.1, -0.05) is 17.7 Å². The van der Waals surface area contributed by atoms with Crippen LogP contribution in [0.5, 0.6) is 0 Å². The fourth-order valence-electron chi connectivity index (χ4n) is 3.45. The molecule has 2 aromatic rings. The number of benzene rings is 2. The van der Waals surface area contributed by atoms with E-state index in [2.05, 4.69) is 5.32 Å². The van der Waals surface area contributed by atoms with Gasteiger partial charge in [0.2, 0.25) is 5.91 Å². The fraction of sp³-hybridized carbons (Fsp3) is 0.318. The van der Waals surface area contributed by atoms with E-state index in [1.165, 1.54) is 23.1 Å². The van der Waals surface area contributed by atoms with Gasteiger partial charge in [-0.2, -0.15) is 0 Å². The van der Waals surface area contributed by atoms with Crippen molar-refractivity contribution in [3.63, 3.8) is 0 Å². The van der Waals surface area contributed by atoms with E-state index in [1.807, 2.05) is 0 Å². The molecule has 2 fully saturated rings. The number of halogens is 2. The average Bonchev–Trinajstić information content (AvgIpc) is 3.60. The summed E-state index contributed by atoms with van der Waals surface area (Å²) in [6, 6.07) is 10.7. The van der Waals surface area contributed by atoms with Crippen molar-refractivity contribution in [2.45, 2.75) is 12.8 Å². The molecule has 0 radical (unpaired) electrons. The van der Waals surface area contributed by atoms with Crippen LogP contribution < -0.4 is 5.32 Å². The number of piperazine rings is 1. The highest BCUT2D eigenvalue weighted by atomic mass is 35.5.